The van der Waals surface area contributed by atoms with Gasteiger partial charge in [-0.05, 0) is 46.9 Å². The highest BCUT2D eigenvalue weighted by Crippen LogP contribution is 2.36. The highest BCUT2D eigenvalue weighted by Gasteiger charge is 2.32. The van der Waals surface area contributed by atoms with Crippen molar-refractivity contribution < 1.29 is 22.3 Å². The zero-order valence-electron chi connectivity index (χ0n) is 16.8. The third-order valence-electron chi connectivity index (χ3n) is 5.34. The van der Waals surface area contributed by atoms with Crippen molar-refractivity contribution in [2.24, 2.45) is 0 Å². The van der Waals surface area contributed by atoms with E-state index >= 15 is 0 Å². The Bertz CT molecular complexity index is 1130. The van der Waals surface area contributed by atoms with E-state index in [4.69, 9.17) is 4.74 Å². The van der Waals surface area contributed by atoms with Gasteiger partial charge >= 0.3 is 0 Å². The number of aryl methyl sites for hydroxylation is 1. The maximum absolute atomic E-state index is 14.9. The lowest BCUT2D eigenvalue weighted by molar-refractivity contribution is 0.262. The van der Waals surface area contributed by atoms with Crippen molar-refractivity contribution in [2.75, 3.05) is 0 Å². The van der Waals surface area contributed by atoms with Crippen molar-refractivity contribution in [2.45, 2.75) is 25.9 Å². The number of allylic oxidation sites excluding steroid dienone is 4. The van der Waals surface area contributed by atoms with Crippen molar-refractivity contribution in [1.29, 1.82) is 0 Å². The molecule has 1 aliphatic carbocycles. The first-order valence-corrected chi connectivity index (χ1v) is 9.87. The summed E-state index contributed by atoms with van der Waals surface area (Å²) in [5, 5.41) is 0. The lowest BCUT2D eigenvalue weighted by Crippen LogP contribution is -2.23. The number of rotatable bonds is 5. The molecule has 0 amide bonds. The summed E-state index contributed by atoms with van der Waals surface area (Å²) >= 11 is 0. The largest absolute Gasteiger partial charge is 0.489 e. The Morgan fingerprint density at radius 1 is 0.710 bits per heavy atom. The molecule has 1 nitrogen and oxygen atoms in total. The Morgan fingerprint density at radius 3 is 1.90 bits per heavy atom. The van der Waals surface area contributed by atoms with Crippen LogP contribution in [-0.4, -0.2) is 12.3 Å². The lowest BCUT2D eigenvalue weighted by atomic mass is 9.87. The Morgan fingerprint density at radius 2 is 1.29 bits per heavy atom. The van der Waals surface area contributed by atoms with Crippen LogP contribution in [0.15, 0.2) is 78.9 Å². The van der Waals surface area contributed by atoms with Crippen LogP contribution in [0.5, 0.6) is 5.75 Å². The average Bonchev–Trinajstić information content (AvgIpc) is 2.80. The van der Waals surface area contributed by atoms with Crippen LogP contribution >= 0.6 is 0 Å². The molecule has 0 spiro atoms. The number of benzene rings is 3. The van der Waals surface area contributed by atoms with E-state index in [0.29, 0.717) is 22.4 Å². The summed E-state index contributed by atoms with van der Waals surface area (Å²) in [5.41, 5.74) is 2.05. The molecule has 5 heteroatoms. The zero-order valence-corrected chi connectivity index (χ0v) is 16.8. The monoisotopic (exact) mass is 424 g/mol. The van der Waals surface area contributed by atoms with Gasteiger partial charge in [0.15, 0.2) is 24.0 Å². The lowest BCUT2D eigenvalue weighted by Gasteiger charge is -2.24. The van der Waals surface area contributed by atoms with E-state index < -0.39 is 24.0 Å². The molecule has 0 saturated heterocycles. The second kappa shape index (κ2) is 8.80. The Kier molecular flexibility index (Phi) is 5.94. The van der Waals surface area contributed by atoms with Gasteiger partial charge in [-0.1, -0.05) is 66.7 Å². The standard InChI is InChI=1S/C26H20F4O/c1-16-7-8-19(24(28)23(16)27)15-31-20-11-9-18(10-12-20)22-14-13-21(25(29)26(22)30)17-5-3-2-4-6-17/h2-14,25-26H,15H2,1H3. The van der Waals surface area contributed by atoms with E-state index in [1.807, 2.05) is 6.07 Å². The molecular formula is C26H20F4O. The third-order valence-corrected chi connectivity index (χ3v) is 5.34. The predicted octanol–water partition coefficient (Wildman–Crippen LogP) is 7.01. The van der Waals surface area contributed by atoms with Crippen molar-refractivity contribution in [3.05, 3.63) is 113 Å². The van der Waals surface area contributed by atoms with Crippen LogP contribution in [0.2, 0.25) is 0 Å². The summed E-state index contributed by atoms with van der Waals surface area (Å²) in [4.78, 5) is 0. The molecule has 4 rings (SSSR count). The molecule has 0 bridgehead atoms. The maximum Gasteiger partial charge on any atom is 0.165 e. The Labute approximate surface area is 178 Å². The topological polar surface area (TPSA) is 9.23 Å². The van der Waals surface area contributed by atoms with E-state index in [2.05, 4.69) is 0 Å². The SMILES string of the molecule is Cc1ccc(COc2ccc(C3=CC=C(c4ccccc4)C(F)C3F)cc2)c(F)c1F. The molecule has 0 saturated carbocycles. The first-order chi connectivity index (χ1) is 15.0. The number of halogens is 4. The smallest absolute Gasteiger partial charge is 0.165 e. The third kappa shape index (κ3) is 4.26. The molecule has 31 heavy (non-hydrogen) atoms. The quantitative estimate of drug-likeness (QED) is 0.400. The highest BCUT2D eigenvalue weighted by atomic mass is 19.2. The van der Waals surface area contributed by atoms with E-state index in [-0.39, 0.29) is 23.3 Å². The fraction of sp³-hybridized carbons (Fsp3) is 0.154. The summed E-state index contributed by atoms with van der Waals surface area (Å²) in [5.74, 6) is -1.41. The minimum atomic E-state index is -1.79. The van der Waals surface area contributed by atoms with Crippen molar-refractivity contribution in [3.63, 3.8) is 0 Å². The normalized spacial score (nSPS) is 18.4. The summed E-state index contributed by atoms with van der Waals surface area (Å²) in [6, 6.07) is 18.3. The molecule has 158 valence electrons. The summed E-state index contributed by atoms with van der Waals surface area (Å²) in [7, 11) is 0. The van der Waals surface area contributed by atoms with Gasteiger partial charge in [0.1, 0.15) is 12.4 Å². The zero-order chi connectivity index (χ0) is 22.0. The molecule has 0 heterocycles. The van der Waals surface area contributed by atoms with Crippen LogP contribution in [-0.2, 0) is 6.61 Å². The van der Waals surface area contributed by atoms with E-state index in [9.17, 15) is 17.6 Å². The van der Waals surface area contributed by atoms with Gasteiger partial charge in [-0.15, -0.1) is 0 Å². The van der Waals surface area contributed by atoms with Crippen LogP contribution in [0.25, 0.3) is 11.1 Å². The van der Waals surface area contributed by atoms with Crippen LogP contribution in [0.1, 0.15) is 22.3 Å². The van der Waals surface area contributed by atoms with Gasteiger partial charge in [0.2, 0.25) is 0 Å². The van der Waals surface area contributed by atoms with Crippen molar-refractivity contribution >= 4 is 11.1 Å². The Balaban J connectivity index is 1.50. The summed E-state index contributed by atoms with van der Waals surface area (Å²) < 4.78 is 62.8. The minimum Gasteiger partial charge on any atom is -0.489 e. The van der Waals surface area contributed by atoms with Gasteiger partial charge < -0.3 is 4.74 Å². The summed E-state index contributed by atoms with van der Waals surface area (Å²) in [6.07, 6.45) is -0.372. The number of hydrogen-bond acceptors (Lipinski definition) is 1. The predicted molar refractivity (Wildman–Crippen MR) is 114 cm³/mol. The van der Waals surface area contributed by atoms with Gasteiger partial charge in [-0.3, -0.25) is 0 Å². The highest BCUT2D eigenvalue weighted by molar-refractivity contribution is 5.83. The molecule has 3 aromatic rings. The van der Waals surface area contributed by atoms with Crippen LogP contribution in [0.4, 0.5) is 17.6 Å². The minimum absolute atomic E-state index is 0.102. The van der Waals surface area contributed by atoms with Gasteiger partial charge in [-0.25, -0.2) is 17.6 Å². The second-order valence-electron chi connectivity index (χ2n) is 7.40. The van der Waals surface area contributed by atoms with Crippen LogP contribution < -0.4 is 4.74 Å². The number of ether oxygens (including phenoxy) is 1. The first-order valence-electron chi connectivity index (χ1n) is 9.87. The van der Waals surface area contributed by atoms with Gasteiger partial charge in [0.25, 0.3) is 0 Å². The van der Waals surface area contributed by atoms with Crippen molar-refractivity contribution in [3.8, 4) is 5.75 Å². The molecule has 0 N–H and O–H groups in total. The van der Waals surface area contributed by atoms with E-state index in [1.165, 1.54) is 19.1 Å². The second-order valence-corrected chi connectivity index (χ2v) is 7.40. The molecule has 1 aliphatic rings. The molecule has 0 aromatic heterocycles. The molecule has 0 aliphatic heterocycles. The fourth-order valence-electron chi connectivity index (χ4n) is 3.52. The number of hydrogen-bond donors (Lipinski definition) is 0. The van der Waals surface area contributed by atoms with Crippen molar-refractivity contribution in [1.82, 2.24) is 0 Å². The van der Waals surface area contributed by atoms with E-state index in [1.54, 1.807) is 60.7 Å². The molecule has 3 aromatic carbocycles. The number of alkyl halides is 2. The molecule has 0 radical (unpaired) electrons. The maximum atomic E-state index is 14.9. The molecular weight excluding hydrogens is 404 g/mol. The Hall–Kier alpha value is -3.34. The fourth-order valence-corrected chi connectivity index (χ4v) is 3.52. The van der Waals surface area contributed by atoms with Gasteiger partial charge in [-0.2, -0.15) is 0 Å². The van der Waals surface area contributed by atoms with Gasteiger partial charge in [0.05, 0.1) is 0 Å². The summed E-state index contributed by atoms with van der Waals surface area (Å²) in [6.45, 7) is 1.34. The first kappa shape index (κ1) is 20.9. The van der Waals surface area contributed by atoms with E-state index in [0.717, 1.165) is 0 Å². The van der Waals surface area contributed by atoms with Gasteiger partial charge in [0, 0.05) is 5.56 Å². The molecule has 0 fully saturated rings. The molecule has 2 unspecified atom stereocenters. The van der Waals surface area contributed by atoms with Crippen LogP contribution in [0, 0.1) is 18.6 Å². The molecule has 2 atom stereocenters. The van der Waals surface area contributed by atoms with Crippen LogP contribution in [0.3, 0.4) is 0 Å². The average molecular weight is 424 g/mol.